The minimum absolute atomic E-state index is 0.210. The van der Waals surface area contributed by atoms with E-state index in [2.05, 4.69) is 20.9 Å². The smallest absolute Gasteiger partial charge is 0.365 e. The van der Waals surface area contributed by atoms with Gasteiger partial charge in [0.2, 0.25) is 0 Å². The Morgan fingerprint density at radius 1 is 1.62 bits per heavy atom. The molecule has 0 aliphatic rings. The molecule has 7 nitrogen and oxygen atoms in total. The summed E-state index contributed by atoms with van der Waals surface area (Å²) in [6.45, 7) is 4.50. The van der Waals surface area contributed by atoms with Crippen molar-refractivity contribution in [3.8, 4) is 0 Å². The molecule has 0 N–H and O–H groups in total. The Balaban J connectivity index is 2.71. The molecule has 0 radical (unpaired) electrons. The number of rotatable bonds is 7. The van der Waals surface area contributed by atoms with Crippen LogP contribution in [0.5, 0.6) is 0 Å². The van der Waals surface area contributed by atoms with Gasteiger partial charge in [0, 0.05) is 13.6 Å². The van der Waals surface area contributed by atoms with E-state index in [0.29, 0.717) is 29.7 Å². The van der Waals surface area contributed by atoms with Crippen molar-refractivity contribution in [1.82, 2.24) is 4.98 Å². The monoisotopic (exact) mass is 359 g/mol. The van der Waals surface area contributed by atoms with Crippen LogP contribution < -0.4 is 4.90 Å². The van der Waals surface area contributed by atoms with E-state index in [9.17, 15) is 14.9 Å². The van der Waals surface area contributed by atoms with Crippen LogP contribution in [0.1, 0.15) is 20.3 Å². The van der Waals surface area contributed by atoms with Crippen molar-refractivity contribution in [2.75, 3.05) is 25.1 Å². The first-order valence-corrected chi connectivity index (χ1v) is 7.33. The van der Waals surface area contributed by atoms with Crippen LogP contribution in [0.25, 0.3) is 0 Å². The molecule has 1 atom stereocenters. The molecule has 0 saturated carbocycles. The molecule has 116 valence electrons. The van der Waals surface area contributed by atoms with Gasteiger partial charge in [0.15, 0.2) is 6.20 Å². The lowest BCUT2D eigenvalue weighted by Gasteiger charge is -2.21. The van der Waals surface area contributed by atoms with Gasteiger partial charge in [-0.3, -0.25) is 4.79 Å². The molecular formula is C13H18BrN3O4. The molecule has 0 bridgehead atoms. The van der Waals surface area contributed by atoms with Crippen molar-refractivity contribution < 1.29 is 14.5 Å². The number of halogens is 1. The number of pyridine rings is 1. The molecular weight excluding hydrogens is 342 g/mol. The largest absolute Gasteiger partial charge is 0.466 e. The van der Waals surface area contributed by atoms with Crippen LogP contribution in [0.4, 0.5) is 11.5 Å². The maximum absolute atomic E-state index is 11.6. The number of anilines is 1. The van der Waals surface area contributed by atoms with Gasteiger partial charge in [0.05, 0.1) is 28.8 Å². The molecule has 0 amide bonds. The molecule has 1 rings (SSSR count). The quantitative estimate of drug-likeness (QED) is 0.422. The molecule has 0 spiro atoms. The van der Waals surface area contributed by atoms with E-state index in [1.165, 1.54) is 12.3 Å². The van der Waals surface area contributed by atoms with Gasteiger partial charge in [-0.25, -0.2) is 0 Å². The molecule has 8 heteroatoms. The summed E-state index contributed by atoms with van der Waals surface area (Å²) in [5.74, 6) is -0.660. The summed E-state index contributed by atoms with van der Waals surface area (Å²) in [6, 6.07) is 1.40. The molecule has 21 heavy (non-hydrogen) atoms. The van der Waals surface area contributed by atoms with Crippen molar-refractivity contribution in [2.24, 2.45) is 5.92 Å². The summed E-state index contributed by atoms with van der Waals surface area (Å²) in [4.78, 5) is 27.3. The fraction of sp³-hybridized carbons (Fsp3) is 0.538. The zero-order valence-corrected chi connectivity index (χ0v) is 13.8. The Labute approximate surface area is 131 Å². The number of hydrogen-bond acceptors (Lipinski definition) is 6. The van der Waals surface area contributed by atoms with Gasteiger partial charge in [-0.05, 0) is 39.2 Å². The van der Waals surface area contributed by atoms with Gasteiger partial charge in [-0.15, -0.1) is 0 Å². The lowest BCUT2D eigenvalue weighted by molar-refractivity contribution is -0.389. The molecule has 1 aromatic rings. The van der Waals surface area contributed by atoms with Crippen molar-refractivity contribution in [2.45, 2.75) is 20.3 Å². The van der Waals surface area contributed by atoms with Crippen LogP contribution in [-0.2, 0) is 9.53 Å². The second kappa shape index (κ2) is 7.92. The number of carbonyl (C=O) groups excluding carboxylic acids is 1. The summed E-state index contributed by atoms with van der Waals surface area (Å²) in [5.41, 5.74) is 0.660. The second-order valence-corrected chi connectivity index (χ2v) is 5.47. The van der Waals surface area contributed by atoms with E-state index in [4.69, 9.17) is 4.74 Å². The zero-order chi connectivity index (χ0) is 16.0. The van der Waals surface area contributed by atoms with Gasteiger partial charge >= 0.3 is 11.8 Å². The number of ether oxygens (including phenoxy) is 1. The fourth-order valence-corrected chi connectivity index (χ4v) is 2.24. The second-order valence-electron chi connectivity index (χ2n) is 4.61. The molecule has 1 aromatic heterocycles. The predicted molar refractivity (Wildman–Crippen MR) is 82.3 cm³/mol. The third kappa shape index (κ3) is 4.96. The first-order chi connectivity index (χ1) is 9.86. The number of carbonyl (C=O) groups is 1. The highest BCUT2D eigenvalue weighted by Crippen LogP contribution is 2.28. The highest BCUT2D eigenvalue weighted by molar-refractivity contribution is 9.10. The molecule has 0 aliphatic heterocycles. The molecule has 1 heterocycles. The number of hydrogen-bond donors (Lipinski definition) is 0. The van der Waals surface area contributed by atoms with E-state index < -0.39 is 4.92 Å². The van der Waals surface area contributed by atoms with Crippen molar-refractivity contribution in [3.63, 3.8) is 0 Å². The van der Waals surface area contributed by atoms with Gasteiger partial charge < -0.3 is 19.8 Å². The predicted octanol–water partition coefficient (Wildman–Crippen LogP) is 2.78. The summed E-state index contributed by atoms with van der Waals surface area (Å²) in [7, 11) is 1.81. The van der Waals surface area contributed by atoms with Crippen molar-refractivity contribution in [3.05, 3.63) is 26.9 Å². The summed E-state index contributed by atoms with van der Waals surface area (Å²) >= 11 is 3.32. The Morgan fingerprint density at radius 2 is 2.29 bits per heavy atom. The lowest BCUT2D eigenvalue weighted by Crippen LogP contribution is -2.24. The van der Waals surface area contributed by atoms with Gasteiger partial charge in [-0.1, -0.05) is 6.92 Å². The van der Waals surface area contributed by atoms with E-state index >= 15 is 0 Å². The van der Waals surface area contributed by atoms with Crippen LogP contribution >= 0.6 is 15.9 Å². The van der Waals surface area contributed by atoms with E-state index in [1.807, 2.05) is 11.9 Å². The number of esters is 1. The standard InChI is InChI=1S/C13H18BrN3O4/c1-4-21-13(18)9(2)5-6-16(3)11-7-12(17(19)20)15-8-10(11)14/h7-9H,4-6H2,1-3H3. The molecule has 0 aliphatic carbocycles. The Hall–Kier alpha value is -1.70. The van der Waals surface area contributed by atoms with Crippen LogP contribution in [0, 0.1) is 16.0 Å². The highest BCUT2D eigenvalue weighted by Gasteiger charge is 2.18. The van der Waals surface area contributed by atoms with Gasteiger partial charge in [0.1, 0.15) is 0 Å². The molecule has 0 fully saturated rings. The van der Waals surface area contributed by atoms with Crippen molar-refractivity contribution >= 4 is 33.4 Å². The SMILES string of the molecule is CCOC(=O)C(C)CCN(C)c1cc([N+](=O)[O-])ncc1Br. The third-order valence-electron chi connectivity index (χ3n) is 3.01. The average molecular weight is 360 g/mol. The first-order valence-electron chi connectivity index (χ1n) is 6.54. The highest BCUT2D eigenvalue weighted by atomic mass is 79.9. The van der Waals surface area contributed by atoms with E-state index in [0.717, 1.165) is 0 Å². The summed E-state index contributed by atoms with van der Waals surface area (Å²) < 4.78 is 5.62. The fourth-order valence-electron chi connectivity index (χ4n) is 1.72. The Kier molecular flexibility index (Phi) is 6.54. The van der Waals surface area contributed by atoms with Gasteiger partial charge in [-0.2, -0.15) is 0 Å². The Morgan fingerprint density at radius 3 is 2.86 bits per heavy atom. The maximum Gasteiger partial charge on any atom is 0.365 e. The number of aromatic nitrogens is 1. The van der Waals surface area contributed by atoms with Crippen LogP contribution in [0.2, 0.25) is 0 Å². The molecule has 0 aromatic carbocycles. The van der Waals surface area contributed by atoms with E-state index in [-0.39, 0.29) is 17.7 Å². The van der Waals surface area contributed by atoms with Crippen LogP contribution in [0.15, 0.2) is 16.7 Å². The third-order valence-corrected chi connectivity index (χ3v) is 3.62. The van der Waals surface area contributed by atoms with Crippen LogP contribution in [0.3, 0.4) is 0 Å². The van der Waals surface area contributed by atoms with Crippen molar-refractivity contribution in [1.29, 1.82) is 0 Å². The minimum Gasteiger partial charge on any atom is -0.466 e. The van der Waals surface area contributed by atoms with Crippen LogP contribution in [-0.4, -0.2) is 36.1 Å². The number of nitrogens with zero attached hydrogens (tertiary/aromatic N) is 3. The maximum atomic E-state index is 11.6. The zero-order valence-electron chi connectivity index (χ0n) is 12.2. The van der Waals surface area contributed by atoms with E-state index in [1.54, 1.807) is 13.8 Å². The summed E-state index contributed by atoms with van der Waals surface area (Å²) in [6.07, 6.45) is 2.00. The normalized spacial score (nSPS) is 11.8. The topological polar surface area (TPSA) is 85.6 Å². The average Bonchev–Trinajstić information content (AvgIpc) is 2.44. The molecule has 0 saturated heterocycles. The summed E-state index contributed by atoms with van der Waals surface area (Å²) in [5, 5.41) is 10.8. The Bertz CT molecular complexity index is 524. The minimum atomic E-state index is -0.537. The lowest BCUT2D eigenvalue weighted by atomic mass is 10.1. The number of nitro groups is 1. The van der Waals surface area contributed by atoms with Gasteiger partial charge in [0.25, 0.3) is 0 Å². The molecule has 1 unspecified atom stereocenters. The first kappa shape index (κ1) is 17.4.